The van der Waals surface area contributed by atoms with Crippen LogP contribution >= 0.6 is 0 Å². The molecule has 0 spiro atoms. The summed E-state index contributed by atoms with van der Waals surface area (Å²) in [7, 11) is 0. The van der Waals surface area contributed by atoms with Crippen molar-refractivity contribution in [3.05, 3.63) is 29.8 Å². The van der Waals surface area contributed by atoms with Crippen molar-refractivity contribution in [3.8, 4) is 5.75 Å². The third kappa shape index (κ3) is 5.85. The molecule has 2 N–H and O–H groups in total. The fourth-order valence-electron chi connectivity index (χ4n) is 2.64. The molecule has 0 saturated carbocycles. The Morgan fingerprint density at radius 1 is 1.25 bits per heavy atom. The van der Waals surface area contributed by atoms with E-state index in [0.717, 1.165) is 31.5 Å². The molecule has 0 aliphatic carbocycles. The zero-order valence-electron chi connectivity index (χ0n) is 14.2. The molecule has 2 rings (SSSR count). The number of amides is 2. The van der Waals surface area contributed by atoms with Crippen LogP contribution in [0.3, 0.4) is 0 Å². The summed E-state index contributed by atoms with van der Waals surface area (Å²) in [6, 6.07) is 7.14. The van der Waals surface area contributed by atoms with E-state index in [4.69, 9.17) is 9.84 Å². The topological polar surface area (TPSA) is 78.9 Å². The first-order chi connectivity index (χ1) is 11.6. The maximum Gasteiger partial charge on any atom is 0.260 e. The number of hydrogen-bond donors (Lipinski definition) is 2. The Labute approximate surface area is 142 Å². The van der Waals surface area contributed by atoms with Crippen molar-refractivity contribution in [2.24, 2.45) is 5.92 Å². The lowest BCUT2D eigenvalue weighted by Gasteiger charge is -2.30. The molecule has 24 heavy (non-hydrogen) atoms. The van der Waals surface area contributed by atoms with Crippen LogP contribution < -0.4 is 10.1 Å². The monoisotopic (exact) mass is 334 g/mol. The van der Waals surface area contributed by atoms with Gasteiger partial charge in [0.2, 0.25) is 5.91 Å². The van der Waals surface area contributed by atoms with Gasteiger partial charge >= 0.3 is 0 Å². The highest BCUT2D eigenvalue weighted by Gasteiger charge is 2.20. The first kappa shape index (κ1) is 18.3. The number of benzene rings is 1. The summed E-state index contributed by atoms with van der Waals surface area (Å²) in [6.45, 7) is 4.07. The summed E-state index contributed by atoms with van der Waals surface area (Å²) in [5.74, 6) is 1.20. The van der Waals surface area contributed by atoms with Gasteiger partial charge in [0.15, 0.2) is 6.61 Å². The van der Waals surface area contributed by atoms with Crippen molar-refractivity contribution in [3.63, 3.8) is 0 Å². The van der Waals surface area contributed by atoms with Crippen LogP contribution in [0.25, 0.3) is 0 Å². The summed E-state index contributed by atoms with van der Waals surface area (Å²) in [5.41, 5.74) is 0.856. The van der Waals surface area contributed by atoms with Gasteiger partial charge in [0.05, 0.1) is 13.0 Å². The van der Waals surface area contributed by atoms with Gasteiger partial charge in [0.25, 0.3) is 5.91 Å². The van der Waals surface area contributed by atoms with Gasteiger partial charge in [-0.05, 0) is 36.5 Å². The molecule has 1 fully saturated rings. The van der Waals surface area contributed by atoms with Crippen molar-refractivity contribution < 1.29 is 19.4 Å². The number of likely N-dealkylation sites (tertiary alicyclic amines) is 1. The highest BCUT2D eigenvalue weighted by atomic mass is 16.5. The predicted octanol–water partition coefficient (Wildman–Crippen LogP) is 0.975. The van der Waals surface area contributed by atoms with Crippen LogP contribution in [0.1, 0.15) is 25.3 Å². The van der Waals surface area contributed by atoms with Gasteiger partial charge in [-0.3, -0.25) is 9.59 Å². The number of nitrogens with one attached hydrogen (secondary N) is 1. The van der Waals surface area contributed by atoms with Crippen molar-refractivity contribution >= 4 is 11.8 Å². The van der Waals surface area contributed by atoms with Gasteiger partial charge < -0.3 is 20.1 Å². The summed E-state index contributed by atoms with van der Waals surface area (Å²) < 4.78 is 5.55. The number of aliphatic hydroxyl groups excluding tert-OH is 1. The Morgan fingerprint density at radius 2 is 1.92 bits per heavy atom. The molecule has 0 unspecified atom stereocenters. The molecule has 6 heteroatoms. The largest absolute Gasteiger partial charge is 0.484 e. The van der Waals surface area contributed by atoms with Crippen molar-refractivity contribution in [2.75, 3.05) is 32.8 Å². The van der Waals surface area contributed by atoms with Crippen LogP contribution in [0.5, 0.6) is 5.75 Å². The lowest BCUT2D eigenvalue weighted by atomic mass is 9.99. The van der Waals surface area contributed by atoms with E-state index in [1.54, 1.807) is 24.3 Å². The van der Waals surface area contributed by atoms with Crippen LogP contribution in [-0.2, 0) is 16.0 Å². The number of rotatable bonds is 7. The quantitative estimate of drug-likeness (QED) is 0.779. The SMILES string of the molecule is CC1CCN(C(=O)COc2ccc(CC(=O)NCCO)cc2)CC1. The average molecular weight is 334 g/mol. The second kappa shape index (κ2) is 9.27. The number of nitrogens with zero attached hydrogens (tertiary/aromatic N) is 1. The molecule has 1 saturated heterocycles. The van der Waals surface area contributed by atoms with Crippen LogP contribution in [-0.4, -0.2) is 54.7 Å². The third-order valence-corrected chi connectivity index (χ3v) is 4.22. The molecule has 132 valence electrons. The molecule has 6 nitrogen and oxygen atoms in total. The Hall–Kier alpha value is -2.08. The average Bonchev–Trinajstić information content (AvgIpc) is 2.59. The molecule has 1 aliphatic heterocycles. The van der Waals surface area contributed by atoms with Crippen molar-refractivity contribution in [2.45, 2.75) is 26.2 Å². The normalized spacial score (nSPS) is 15.2. The zero-order chi connectivity index (χ0) is 17.4. The van der Waals surface area contributed by atoms with Gasteiger partial charge in [-0.2, -0.15) is 0 Å². The molecule has 1 aromatic rings. The van der Waals surface area contributed by atoms with Crippen LogP contribution in [0.4, 0.5) is 0 Å². The molecular weight excluding hydrogens is 308 g/mol. The lowest BCUT2D eigenvalue weighted by molar-refractivity contribution is -0.134. The minimum absolute atomic E-state index is 0.0226. The Bertz CT molecular complexity index is 536. The Kier molecular flexibility index (Phi) is 7.06. The van der Waals surface area contributed by atoms with E-state index in [1.807, 2.05) is 4.90 Å². The van der Waals surface area contributed by atoms with E-state index in [-0.39, 0.29) is 38.0 Å². The fraction of sp³-hybridized carbons (Fsp3) is 0.556. The Morgan fingerprint density at radius 3 is 2.54 bits per heavy atom. The number of aliphatic hydroxyl groups is 1. The van der Waals surface area contributed by atoms with E-state index < -0.39 is 0 Å². The molecule has 1 heterocycles. The molecule has 0 atom stereocenters. The van der Waals surface area contributed by atoms with E-state index >= 15 is 0 Å². The minimum Gasteiger partial charge on any atom is -0.484 e. The van der Waals surface area contributed by atoms with Gasteiger partial charge in [-0.25, -0.2) is 0 Å². The number of hydrogen-bond acceptors (Lipinski definition) is 4. The summed E-state index contributed by atoms with van der Waals surface area (Å²) in [4.78, 5) is 25.5. The Balaban J connectivity index is 1.75. The van der Waals surface area contributed by atoms with Gasteiger partial charge in [-0.1, -0.05) is 19.1 Å². The van der Waals surface area contributed by atoms with E-state index in [9.17, 15) is 9.59 Å². The third-order valence-electron chi connectivity index (χ3n) is 4.22. The number of carbonyl (C=O) groups excluding carboxylic acids is 2. The standard InChI is InChI=1S/C18H26N2O4/c1-14-6-9-20(10-7-14)18(23)13-24-16-4-2-15(3-5-16)12-17(22)19-8-11-21/h2-5,14,21H,6-13H2,1H3,(H,19,22). The molecule has 0 bridgehead atoms. The minimum atomic E-state index is -0.132. The molecule has 1 aromatic carbocycles. The zero-order valence-corrected chi connectivity index (χ0v) is 14.2. The second-order valence-corrected chi connectivity index (χ2v) is 6.25. The second-order valence-electron chi connectivity index (χ2n) is 6.25. The first-order valence-corrected chi connectivity index (χ1v) is 8.45. The highest BCUT2D eigenvalue weighted by molar-refractivity contribution is 5.79. The lowest BCUT2D eigenvalue weighted by Crippen LogP contribution is -2.40. The van der Waals surface area contributed by atoms with E-state index in [0.29, 0.717) is 11.7 Å². The molecule has 2 amide bonds. The van der Waals surface area contributed by atoms with Crippen LogP contribution in [0.15, 0.2) is 24.3 Å². The molecular formula is C18H26N2O4. The highest BCUT2D eigenvalue weighted by Crippen LogP contribution is 2.17. The van der Waals surface area contributed by atoms with Gasteiger partial charge in [-0.15, -0.1) is 0 Å². The summed E-state index contributed by atoms with van der Waals surface area (Å²) in [6.07, 6.45) is 2.36. The van der Waals surface area contributed by atoms with Crippen LogP contribution in [0, 0.1) is 5.92 Å². The first-order valence-electron chi connectivity index (χ1n) is 8.45. The number of ether oxygens (including phenoxy) is 1. The van der Waals surface area contributed by atoms with Gasteiger partial charge in [0.1, 0.15) is 5.75 Å². The fourth-order valence-corrected chi connectivity index (χ4v) is 2.64. The van der Waals surface area contributed by atoms with Gasteiger partial charge in [0, 0.05) is 19.6 Å². The van der Waals surface area contributed by atoms with E-state index in [1.165, 1.54) is 0 Å². The molecule has 0 aromatic heterocycles. The predicted molar refractivity (Wildman–Crippen MR) is 90.7 cm³/mol. The molecule has 1 aliphatic rings. The maximum absolute atomic E-state index is 12.1. The number of piperidine rings is 1. The summed E-state index contributed by atoms with van der Waals surface area (Å²) >= 11 is 0. The van der Waals surface area contributed by atoms with E-state index in [2.05, 4.69) is 12.2 Å². The van der Waals surface area contributed by atoms with Crippen LogP contribution in [0.2, 0.25) is 0 Å². The molecule has 0 radical (unpaired) electrons. The number of carbonyl (C=O) groups is 2. The maximum atomic E-state index is 12.1. The summed E-state index contributed by atoms with van der Waals surface area (Å²) in [5, 5.41) is 11.3. The van der Waals surface area contributed by atoms with Crippen molar-refractivity contribution in [1.29, 1.82) is 0 Å². The smallest absolute Gasteiger partial charge is 0.260 e. The van der Waals surface area contributed by atoms with Crippen molar-refractivity contribution in [1.82, 2.24) is 10.2 Å².